The van der Waals surface area contributed by atoms with Crippen molar-refractivity contribution in [3.63, 3.8) is 0 Å². The molecule has 7 heteroatoms. The monoisotopic (exact) mass is 502 g/mol. The summed E-state index contributed by atoms with van der Waals surface area (Å²) in [7, 11) is 0. The van der Waals surface area contributed by atoms with Crippen LogP contribution in [0.25, 0.3) is 11.8 Å². The molecule has 1 aromatic heterocycles. The van der Waals surface area contributed by atoms with Crippen LogP contribution in [0.2, 0.25) is 0 Å². The second-order valence-corrected chi connectivity index (χ2v) is 9.76. The first-order valence-electron chi connectivity index (χ1n) is 12.1. The number of benzene rings is 2. The van der Waals surface area contributed by atoms with Crippen LogP contribution in [0.3, 0.4) is 0 Å². The van der Waals surface area contributed by atoms with Gasteiger partial charge in [0.1, 0.15) is 0 Å². The summed E-state index contributed by atoms with van der Waals surface area (Å²) in [6.45, 7) is 6.80. The van der Waals surface area contributed by atoms with Crippen molar-refractivity contribution in [1.82, 2.24) is 9.47 Å². The summed E-state index contributed by atoms with van der Waals surface area (Å²) < 4.78 is 7.36. The lowest BCUT2D eigenvalue weighted by atomic mass is 10.1. The Morgan fingerprint density at radius 2 is 1.75 bits per heavy atom. The number of thioether (sulfide) groups is 1. The number of aryl methyl sites for hydroxylation is 1. The van der Waals surface area contributed by atoms with Gasteiger partial charge < -0.3 is 9.30 Å². The van der Waals surface area contributed by atoms with E-state index in [1.165, 1.54) is 4.90 Å². The number of rotatable bonds is 9. The highest BCUT2D eigenvalue weighted by molar-refractivity contribution is 8.18. The highest BCUT2D eigenvalue weighted by Crippen LogP contribution is 2.34. The van der Waals surface area contributed by atoms with Crippen molar-refractivity contribution < 1.29 is 19.1 Å². The molecule has 0 saturated carbocycles. The Hall–Kier alpha value is -3.58. The minimum Gasteiger partial charge on any atom is -0.462 e. The van der Waals surface area contributed by atoms with Crippen LogP contribution in [0.1, 0.15) is 52.6 Å². The maximum absolute atomic E-state index is 13.0. The molecule has 2 amide bonds. The summed E-state index contributed by atoms with van der Waals surface area (Å²) in [5.41, 5.74) is 5.32. The Bertz CT molecular complexity index is 1290. The molecule has 1 aliphatic heterocycles. The van der Waals surface area contributed by atoms with Crippen molar-refractivity contribution in [2.24, 2.45) is 0 Å². The third-order valence-electron chi connectivity index (χ3n) is 6.19. The van der Waals surface area contributed by atoms with Crippen LogP contribution in [-0.2, 0) is 16.0 Å². The van der Waals surface area contributed by atoms with E-state index >= 15 is 0 Å². The van der Waals surface area contributed by atoms with Crippen molar-refractivity contribution in [3.05, 3.63) is 93.6 Å². The van der Waals surface area contributed by atoms with Crippen LogP contribution in [0.15, 0.2) is 65.6 Å². The molecule has 0 unspecified atom stereocenters. The van der Waals surface area contributed by atoms with E-state index < -0.39 is 0 Å². The highest BCUT2D eigenvalue weighted by atomic mass is 32.2. The molecule has 36 heavy (non-hydrogen) atoms. The summed E-state index contributed by atoms with van der Waals surface area (Å²) in [4.78, 5) is 39.5. The smallest absolute Gasteiger partial charge is 0.338 e. The van der Waals surface area contributed by atoms with Gasteiger partial charge in [-0.15, -0.1) is 0 Å². The first-order chi connectivity index (χ1) is 17.4. The Labute approximate surface area is 215 Å². The molecule has 6 nitrogen and oxygen atoms in total. The minimum absolute atomic E-state index is 0.239. The van der Waals surface area contributed by atoms with Crippen LogP contribution in [0.4, 0.5) is 4.79 Å². The number of hydrogen-bond donors (Lipinski definition) is 0. The largest absolute Gasteiger partial charge is 0.462 e. The molecule has 1 fully saturated rings. The zero-order valence-electron chi connectivity index (χ0n) is 20.8. The van der Waals surface area contributed by atoms with Gasteiger partial charge in [0.15, 0.2) is 0 Å². The molecule has 0 aliphatic carbocycles. The SMILES string of the molecule is CCCCOC(=O)c1ccc(-n2c(C)cc(/C=C3\SC(=O)N(CCc4ccccc4)C3=O)c2C)cc1. The quantitative estimate of drug-likeness (QED) is 0.194. The lowest BCUT2D eigenvalue weighted by Gasteiger charge is -2.12. The van der Waals surface area contributed by atoms with Gasteiger partial charge in [0.05, 0.1) is 17.1 Å². The van der Waals surface area contributed by atoms with E-state index in [4.69, 9.17) is 4.74 Å². The zero-order chi connectivity index (χ0) is 25.7. The molecule has 0 bridgehead atoms. The standard InChI is InChI=1S/C29H30N2O4S/c1-4-5-17-35-28(33)23-11-13-25(14-12-23)31-20(2)18-24(21(31)3)19-26-27(32)30(29(34)36-26)16-15-22-9-7-6-8-10-22/h6-14,18-19H,4-5,15-17H2,1-3H3/b26-19-. The summed E-state index contributed by atoms with van der Waals surface area (Å²) in [6, 6.07) is 19.1. The molecule has 186 valence electrons. The average molecular weight is 503 g/mol. The van der Waals surface area contributed by atoms with Gasteiger partial charge in [-0.1, -0.05) is 43.7 Å². The Balaban J connectivity index is 1.49. The number of aromatic nitrogens is 1. The second kappa shape index (κ2) is 11.4. The number of carbonyl (C=O) groups excluding carboxylic acids is 3. The molecule has 0 spiro atoms. The average Bonchev–Trinajstić information content (AvgIpc) is 3.31. The summed E-state index contributed by atoms with van der Waals surface area (Å²) in [5.74, 6) is -0.573. The molecule has 0 N–H and O–H groups in total. The maximum atomic E-state index is 13.0. The van der Waals surface area contributed by atoms with E-state index in [1.54, 1.807) is 18.2 Å². The summed E-state index contributed by atoms with van der Waals surface area (Å²) >= 11 is 0.982. The van der Waals surface area contributed by atoms with E-state index in [0.717, 1.165) is 52.8 Å². The Kier molecular flexibility index (Phi) is 8.10. The number of hydrogen-bond acceptors (Lipinski definition) is 5. The number of nitrogens with zero attached hydrogens (tertiary/aromatic N) is 2. The van der Waals surface area contributed by atoms with E-state index in [-0.39, 0.29) is 17.1 Å². The molecule has 2 heterocycles. The van der Waals surface area contributed by atoms with Gasteiger partial charge >= 0.3 is 5.97 Å². The lowest BCUT2D eigenvalue weighted by Crippen LogP contribution is -2.30. The van der Waals surface area contributed by atoms with E-state index in [2.05, 4.69) is 11.5 Å². The molecular weight excluding hydrogens is 472 g/mol. The van der Waals surface area contributed by atoms with Gasteiger partial charge in [0, 0.05) is 23.6 Å². The van der Waals surface area contributed by atoms with Gasteiger partial charge in [-0.25, -0.2) is 4.79 Å². The van der Waals surface area contributed by atoms with Crippen LogP contribution < -0.4 is 0 Å². The number of ether oxygens (including phenoxy) is 1. The van der Waals surface area contributed by atoms with Crippen molar-refractivity contribution >= 4 is 35.0 Å². The number of esters is 1. The van der Waals surface area contributed by atoms with E-state index in [0.29, 0.717) is 30.0 Å². The molecule has 0 atom stereocenters. The van der Waals surface area contributed by atoms with E-state index in [9.17, 15) is 14.4 Å². The molecule has 0 radical (unpaired) electrons. The number of carbonyl (C=O) groups is 3. The molecule has 1 aliphatic rings. The second-order valence-electron chi connectivity index (χ2n) is 8.77. The van der Waals surface area contributed by atoms with Gasteiger partial charge in [0.2, 0.25) is 0 Å². The summed E-state index contributed by atoms with van der Waals surface area (Å²) in [5, 5.41) is -0.239. The zero-order valence-corrected chi connectivity index (χ0v) is 21.6. The predicted octanol–water partition coefficient (Wildman–Crippen LogP) is 6.33. The molecule has 4 rings (SSSR count). The Morgan fingerprint density at radius 3 is 2.44 bits per heavy atom. The van der Waals surface area contributed by atoms with Crippen molar-refractivity contribution in [3.8, 4) is 5.69 Å². The normalized spacial score (nSPS) is 14.6. The topological polar surface area (TPSA) is 68.6 Å². The van der Waals surface area contributed by atoms with E-state index in [1.807, 2.05) is 62.4 Å². The van der Waals surface area contributed by atoms with Crippen molar-refractivity contribution in [2.75, 3.05) is 13.2 Å². The minimum atomic E-state index is -0.320. The molecular formula is C29H30N2O4S. The van der Waals surface area contributed by atoms with Crippen molar-refractivity contribution in [2.45, 2.75) is 40.0 Å². The number of amides is 2. The highest BCUT2D eigenvalue weighted by Gasteiger charge is 2.34. The van der Waals surface area contributed by atoms with Gasteiger partial charge in [-0.2, -0.15) is 0 Å². The van der Waals surface area contributed by atoms with Gasteiger partial charge in [-0.3, -0.25) is 14.5 Å². The third kappa shape index (κ3) is 5.62. The third-order valence-corrected chi connectivity index (χ3v) is 7.10. The number of unbranched alkanes of at least 4 members (excludes halogenated alkanes) is 1. The Morgan fingerprint density at radius 1 is 1.03 bits per heavy atom. The maximum Gasteiger partial charge on any atom is 0.338 e. The van der Waals surface area contributed by atoms with Crippen LogP contribution in [0, 0.1) is 13.8 Å². The van der Waals surface area contributed by atoms with Crippen molar-refractivity contribution in [1.29, 1.82) is 0 Å². The molecule has 2 aromatic carbocycles. The fraction of sp³-hybridized carbons (Fsp3) is 0.276. The van der Waals surface area contributed by atoms with Gasteiger partial charge in [-0.05, 0) is 86.0 Å². The molecule has 1 saturated heterocycles. The first-order valence-corrected chi connectivity index (χ1v) is 13.0. The summed E-state index contributed by atoms with van der Waals surface area (Å²) in [6.07, 6.45) is 4.25. The fourth-order valence-corrected chi connectivity index (χ4v) is 5.05. The predicted molar refractivity (Wildman–Crippen MR) is 143 cm³/mol. The first kappa shape index (κ1) is 25.5. The lowest BCUT2D eigenvalue weighted by molar-refractivity contribution is -0.122. The fourth-order valence-electron chi connectivity index (χ4n) is 4.19. The number of imide groups is 1. The molecule has 3 aromatic rings. The van der Waals surface area contributed by atoms with Crippen LogP contribution in [0.5, 0.6) is 0 Å². The van der Waals surface area contributed by atoms with Crippen LogP contribution >= 0.6 is 11.8 Å². The van der Waals surface area contributed by atoms with Crippen LogP contribution in [-0.4, -0.2) is 39.7 Å². The van der Waals surface area contributed by atoms with Gasteiger partial charge in [0.25, 0.3) is 11.1 Å².